The predicted octanol–water partition coefficient (Wildman–Crippen LogP) is 5.00. The number of fused-ring (bicyclic) bond motifs is 1. The van der Waals surface area contributed by atoms with Gasteiger partial charge >= 0.3 is 0 Å². The summed E-state index contributed by atoms with van der Waals surface area (Å²) >= 11 is 0. The van der Waals surface area contributed by atoms with Gasteiger partial charge in [0.05, 0.1) is 22.6 Å². The van der Waals surface area contributed by atoms with Crippen LogP contribution in [0.4, 0.5) is 4.39 Å². The fourth-order valence-electron chi connectivity index (χ4n) is 3.30. The fraction of sp³-hybridized carbons (Fsp3) is 0.130. The Morgan fingerprint density at radius 1 is 1.00 bits per heavy atom. The van der Waals surface area contributed by atoms with Crippen molar-refractivity contribution in [3.63, 3.8) is 0 Å². The van der Waals surface area contributed by atoms with Crippen LogP contribution in [-0.4, -0.2) is 27.4 Å². The maximum atomic E-state index is 13.9. The molecule has 5 heteroatoms. The second-order valence-electron chi connectivity index (χ2n) is 6.77. The third kappa shape index (κ3) is 3.16. The number of rotatable bonds is 4. The van der Waals surface area contributed by atoms with Crippen LogP contribution in [0, 0.1) is 5.82 Å². The van der Waals surface area contributed by atoms with Gasteiger partial charge in [-0.25, -0.2) is 9.37 Å². The van der Waals surface area contributed by atoms with Gasteiger partial charge in [0.2, 0.25) is 0 Å². The van der Waals surface area contributed by atoms with Crippen LogP contribution in [0.5, 0.6) is 0 Å². The van der Waals surface area contributed by atoms with Crippen molar-refractivity contribution >= 4 is 16.9 Å². The normalized spacial score (nSPS) is 12.1. The van der Waals surface area contributed by atoms with E-state index >= 15 is 0 Å². The first kappa shape index (κ1) is 17.9. The van der Waals surface area contributed by atoms with E-state index in [9.17, 15) is 9.18 Å². The van der Waals surface area contributed by atoms with Crippen molar-refractivity contribution in [1.82, 2.24) is 14.5 Å². The minimum atomic E-state index is -0.506. The summed E-state index contributed by atoms with van der Waals surface area (Å²) in [7, 11) is 1.69. The number of aromatic nitrogens is 2. The highest BCUT2D eigenvalue weighted by molar-refractivity contribution is 5.94. The monoisotopic (exact) mass is 373 g/mol. The molecule has 0 saturated carbocycles. The zero-order valence-electron chi connectivity index (χ0n) is 15.7. The van der Waals surface area contributed by atoms with E-state index in [1.807, 2.05) is 60.0 Å². The molecular weight excluding hydrogens is 353 g/mol. The summed E-state index contributed by atoms with van der Waals surface area (Å²) < 4.78 is 16.0. The van der Waals surface area contributed by atoms with E-state index in [0.29, 0.717) is 0 Å². The second-order valence-corrected chi connectivity index (χ2v) is 6.77. The molecule has 1 atom stereocenters. The summed E-state index contributed by atoms with van der Waals surface area (Å²) in [5.74, 6) is -0.843. The summed E-state index contributed by atoms with van der Waals surface area (Å²) in [5.41, 5.74) is 4.02. The number of imidazole rings is 1. The fourth-order valence-corrected chi connectivity index (χ4v) is 3.30. The van der Waals surface area contributed by atoms with Crippen LogP contribution in [0.2, 0.25) is 0 Å². The maximum absolute atomic E-state index is 13.9. The first-order valence-corrected chi connectivity index (χ1v) is 9.10. The molecule has 0 radical (unpaired) electrons. The van der Waals surface area contributed by atoms with Crippen molar-refractivity contribution in [3.8, 4) is 5.69 Å². The van der Waals surface area contributed by atoms with Crippen LogP contribution in [0.15, 0.2) is 79.1 Å². The van der Waals surface area contributed by atoms with Gasteiger partial charge in [-0.2, -0.15) is 0 Å². The lowest BCUT2D eigenvalue weighted by Gasteiger charge is -2.26. The highest BCUT2D eigenvalue weighted by atomic mass is 19.1. The minimum absolute atomic E-state index is 0.0818. The number of hydrogen-bond acceptors (Lipinski definition) is 2. The lowest BCUT2D eigenvalue weighted by atomic mass is 10.1. The van der Waals surface area contributed by atoms with Gasteiger partial charge in [0.15, 0.2) is 0 Å². The highest BCUT2D eigenvalue weighted by Crippen LogP contribution is 2.24. The van der Waals surface area contributed by atoms with Crippen LogP contribution < -0.4 is 0 Å². The van der Waals surface area contributed by atoms with E-state index in [2.05, 4.69) is 4.98 Å². The van der Waals surface area contributed by atoms with E-state index < -0.39 is 5.82 Å². The molecule has 3 aromatic carbocycles. The third-order valence-electron chi connectivity index (χ3n) is 5.11. The van der Waals surface area contributed by atoms with Crippen molar-refractivity contribution in [2.45, 2.75) is 13.0 Å². The Morgan fingerprint density at radius 3 is 2.43 bits per heavy atom. The largest absolute Gasteiger partial charge is 0.335 e. The third-order valence-corrected chi connectivity index (χ3v) is 5.11. The molecule has 1 unspecified atom stereocenters. The Balaban J connectivity index is 1.58. The Hall–Kier alpha value is -3.47. The van der Waals surface area contributed by atoms with E-state index in [1.54, 1.807) is 30.4 Å². The minimum Gasteiger partial charge on any atom is -0.335 e. The van der Waals surface area contributed by atoms with Gasteiger partial charge in [0, 0.05) is 12.7 Å². The zero-order valence-corrected chi connectivity index (χ0v) is 15.7. The highest BCUT2D eigenvalue weighted by Gasteiger charge is 2.21. The molecule has 0 fully saturated rings. The number of hydrogen-bond donors (Lipinski definition) is 0. The number of para-hydroxylation sites is 2. The molecule has 1 heterocycles. The van der Waals surface area contributed by atoms with Gasteiger partial charge in [0.1, 0.15) is 12.1 Å². The van der Waals surface area contributed by atoms with E-state index in [1.165, 1.54) is 12.1 Å². The summed E-state index contributed by atoms with van der Waals surface area (Å²) in [6, 6.07) is 21.8. The van der Waals surface area contributed by atoms with Gasteiger partial charge in [-0.3, -0.25) is 9.36 Å². The first-order valence-electron chi connectivity index (χ1n) is 9.10. The van der Waals surface area contributed by atoms with Crippen LogP contribution in [0.25, 0.3) is 16.7 Å². The predicted molar refractivity (Wildman–Crippen MR) is 108 cm³/mol. The quantitative estimate of drug-likeness (QED) is 0.505. The molecule has 0 bridgehead atoms. The molecule has 4 aromatic rings. The molecule has 0 aliphatic rings. The van der Waals surface area contributed by atoms with E-state index in [-0.39, 0.29) is 17.5 Å². The van der Waals surface area contributed by atoms with E-state index in [0.717, 1.165) is 22.3 Å². The van der Waals surface area contributed by atoms with Crippen molar-refractivity contribution in [2.24, 2.45) is 0 Å². The molecule has 0 aliphatic carbocycles. The summed E-state index contributed by atoms with van der Waals surface area (Å²) in [6.07, 6.45) is 1.80. The molecule has 1 amide bonds. The average Bonchev–Trinajstić information content (AvgIpc) is 3.17. The Bertz CT molecular complexity index is 1130. The number of carbonyl (C=O) groups is 1. The van der Waals surface area contributed by atoms with Crippen molar-refractivity contribution < 1.29 is 9.18 Å². The van der Waals surface area contributed by atoms with Crippen molar-refractivity contribution in [1.29, 1.82) is 0 Å². The number of carbonyl (C=O) groups excluding carboxylic acids is 1. The smallest absolute Gasteiger partial charge is 0.257 e. The van der Waals surface area contributed by atoms with Crippen LogP contribution in [0.3, 0.4) is 0 Å². The van der Waals surface area contributed by atoms with E-state index in [4.69, 9.17) is 0 Å². The van der Waals surface area contributed by atoms with Gasteiger partial charge in [0.25, 0.3) is 5.91 Å². The van der Waals surface area contributed by atoms with Crippen LogP contribution in [-0.2, 0) is 0 Å². The van der Waals surface area contributed by atoms with Crippen molar-refractivity contribution in [3.05, 3.63) is 96.1 Å². The molecule has 28 heavy (non-hydrogen) atoms. The molecule has 0 spiro atoms. The SMILES string of the molecule is CC(c1ccc(-n2cnc3ccccc32)cc1)N(C)C(=O)c1ccccc1F. The van der Waals surface area contributed by atoms with Gasteiger partial charge < -0.3 is 4.90 Å². The molecule has 140 valence electrons. The first-order chi connectivity index (χ1) is 13.6. The number of amides is 1. The average molecular weight is 373 g/mol. The topological polar surface area (TPSA) is 38.1 Å². The second kappa shape index (κ2) is 7.27. The molecule has 1 aromatic heterocycles. The van der Waals surface area contributed by atoms with Gasteiger partial charge in [-0.15, -0.1) is 0 Å². The molecular formula is C23H20FN3O. The Kier molecular flexibility index (Phi) is 4.65. The molecule has 4 rings (SSSR count). The standard InChI is InChI=1S/C23H20FN3O/c1-16(26(2)23(28)19-7-3-4-8-20(19)24)17-11-13-18(14-12-17)27-15-25-21-9-5-6-10-22(21)27/h3-16H,1-2H3. The van der Waals surface area contributed by atoms with Gasteiger partial charge in [-0.05, 0) is 48.9 Å². The van der Waals surface area contributed by atoms with Crippen LogP contribution >= 0.6 is 0 Å². The lowest BCUT2D eigenvalue weighted by molar-refractivity contribution is 0.0738. The molecule has 4 nitrogen and oxygen atoms in total. The summed E-state index contributed by atoms with van der Waals surface area (Å²) in [5, 5.41) is 0. The number of nitrogens with zero attached hydrogens (tertiary/aromatic N) is 3. The molecule has 0 aliphatic heterocycles. The summed E-state index contributed by atoms with van der Waals surface area (Å²) in [6.45, 7) is 1.93. The van der Waals surface area contributed by atoms with Gasteiger partial charge in [-0.1, -0.05) is 36.4 Å². The molecule has 0 saturated heterocycles. The van der Waals surface area contributed by atoms with Crippen molar-refractivity contribution in [2.75, 3.05) is 7.05 Å². The Labute approximate surface area is 162 Å². The summed E-state index contributed by atoms with van der Waals surface area (Å²) in [4.78, 5) is 18.6. The molecule has 0 N–H and O–H groups in total. The maximum Gasteiger partial charge on any atom is 0.257 e. The lowest BCUT2D eigenvalue weighted by Crippen LogP contribution is -2.30. The van der Waals surface area contributed by atoms with Crippen LogP contribution in [0.1, 0.15) is 28.9 Å². The number of benzene rings is 3. The Morgan fingerprint density at radius 2 is 1.68 bits per heavy atom. The number of halogens is 1. The zero-order chi connectivity index (χ0) is 19.7.